The SMILES string of the molecule is O=C(Nc1nccs1)[C@H](CC1CCCCC1)N1CCN(S(=O)(=O)c2csc3ccccc23)CC1=O. The van der Waals surface area contributed by atoms with Crippen LogP contribution >= 0.6 is 22.7 Å². The molecule has 1 saturated heterocycles. The molecule has 1 aromatic carbocycles. The number of carbonyl (C=O) groups is 2. The lowest BCUT2D eigenvalue weighted by Crippen LogP contribution is -2.58. The third-order valence-electron chi connectivity index (χ3n) is 6.91. The number of nitrogens with one attached hydrogen (secondary N) is 1. The highest BCUT2D eigenvalue weighted by molar-refractivity contribution is 7.89. The Hall–Kier alpha value is -2.34. The van der Waals surface area contributed by atoms with Gasteiger partial charge in [-0.15, -0.1) is 22.7 Å². The first-order valence-electron chi connectivity index (χ1n) is 11.9. The largest absolute Gasteiger partial charge is 0.328 e. The molecule has 1 N–H and O–H groups in total. The molecule has 11 heteroatoms. The Bertz CT molecular complexity index is 1300. The highest BCUT2D eigenvalue weighted by atomic mass is 32.2. The third kappa shape index (κ3) is 5.13. The first-order valence-corrected chi connectivity index (χ1v) is 15.1. The number of fused-ring (bicyclic) bond motifs is 1. The second kappa shape index (κ2) is 10.3. The van der Waals surface area contributed by atoms with Crippen LogP contribution in [-0.2, 0) is 19.6 Å². The van der Waals surface area contributed by atoms with Gasteiger partial charge in [-0.2, -0.15) is 4.31 Å². The van der Waals surface area contributed by atoms with Crippen molar-refractivity contribution in [2.24, 2.45) is 5.92 Å². The number of amides is 2. The summed E-state index contributed by atoms with van der Waals surface area (Å²) in [6.07, 6.45) is 7.80. The van der Waals surface area contributed by atoms with Gasteiger partial charge in [0.1, 0.15) is 10.9 Å². The Morgan fingerprint density at radius 2 is 1.94 bits per heavy atom. The number of thiazole rings is 1. The molecule has 2 fully saturated rings. The lowest BCUT2D eigenvalue weighted by atomic mass is 9.84. The number of carbonyl (C=O) groups excluding carboxylic acids is 2. The van der Waals surface area contributed by atoms with E-state index in [2.05, 4.69) is 10.3 Å². The van der Waals surface area contributed by atoms with E-state index < -0.39 is 16.1 Å². The van der Waals surface area contributed by atoms with E-state index in [0.29, 0.717) is 22.9 Å². The molecule has 3 heterocycles. The molecule has 35 heavy (non-hydrogen) atoms. The van der Waals surface area contributed by atoms with Crippen molar-refractivity contribution in [3.8, 4) is 0 Å². The van der Waals surface area contributed by atoms with E-state index in [1.807, 2.05) is 18.2 Å². The average molecular weight is 533 g/mol. The van der Waals surface area contributed by atoms with Gasteiger partial charge in [0, 0.05) is 40.1 Å². The summed E-state index contributed by atoms with van der Waals surface area (Å²) >= 11 is 2.71. The van der Waals surface area contributed by atoms with Gasteiger partial charge in [0.2, 0.25) is 21.8 Å². The van der Waals surface area contributed by atoms with E-state index in [-0.39, 0.29) is 36.3 Å². The van der Waals surface area contributed by atoms with Crippen LogP contribution in [0.4, 0.5) is 5.13 Å². The molecule has 8 nitrogen and oxygen atoms in total. The van der Waals surface area contributed by atoms with Crippen molar-refractivity contribution in [2.75, 3.05) is 25.0 Å². The van der Waals surface area contributed by atoms with Crippen LogP contribution in [0.25, 0.3) is 10.1 Å². The van der Waals surface area contributed by atoms with Gasteiger partial charge in [0.05, 0.1) is 6.54 Å². The predicted molar refractivity (Wildman–Crippen MR) is 138 cm³/mol. The second-order valence-corrected chi connectivity index (χ2v) is 12.8. The first kappa shape index (κ1) is 24.4. The Balaban J connectivity index is 1.34. The number of anilines is 1. The van der Waals surface area contributed by atoms with E-state index in [0.717, 1.165) is 30.4 Å². The molecule has 1 aliphatic carbocycles. The van der Waals surface area contributed by atoms with Crippen molar-refractivity contribution < 1.29 is 18.0 Å². The summed E-state index contributed by atoms with van der Waals surface area (Å²) in [4.78, 5) is 32.5. The van der Waals surface area contributed by atoms with Crippen LogP contribution in [0, 0.1) is 5.92 Å². The zero-order valence-corrected chi connectivity index (χ0v) is 21.7. The van der Waals surface area contributed by atoms with Crippen LogP contribution in [-0.4, -0.2) is 60.1 Å². The lowest BCUT2D eigenvalue weighted by molar-refractivity contribution is -0.142. The molecule has 0 bridgehead atoms. The first-order chi connectivity index (χ1) is 16.9. The fourth-order valence-electron chi connectivity index (χ4n) is 5.08. The molecular weight excluding hydrogens is 504 g/mol. The molecular formula is C24H28N4O4S3. The van der Waals surface area contributed by atoms with Crippen LogP contribution < -0.4 is 5.32 Å². The van der Waals surface area contributed by atoms with Gasteiger partial charge in [-0.3, -0.25) is 9.59 Å². The van der Waals surface area contributed by atoms with Crippen LogP contribution in [0.2, 0.25) is 0 Å². The number of nitrogens with zero attached hydrogens (tertiary/aromatic N) is 3. The lowest BCUT2D eigenvalue weighted by Gasteiger charge is -2.39. The number of benzene rings is 1. The smallest absolute Gasteiger partial charge is 0.248 e. The van der Waals surface area contributed by atoms with Crippen LogP contribution in [0.5, 0.6) is 0 Å². The van der Waals surface area contributed by atoms with Crippen LogP contribution in [0.15, 0.2) is 46.1 Å². The fourth-order valence-corrected chi connectivity index (χ4v) is 8.47. The quantitative estimate of drug-likeness (QED) is 0.492. The highest BCUT2D eigenvalue weighted by Crippen LogP contribution is 2.33. The number of aromatic nitrogens is 1. The standard InChI is InChI=1S/C24H28N4O4S3/c29-22-15-27(35(31,32)21-16-34-20-9-5-4-8-18(20)21)11-12-28(22)19(14-17-6-2-1-3-7-17)23(30)26-24-25-10-13-33-24/h4-5,8-10,13,16-17,19H,1-3,6-7,11-12,14-15H2,(H,25,26,30)/t19-/m0/s1. The van der Waals surface area contributed by atoms with Crippen molar-refractivity contribution >= 4 is 59.7 Å². The third-order valence-corrected chi connectivity index (χ3v) is 10.6. The summed E-state index contributed by atoms with van der Waals surface area (Å²) in [5, 5.41) is 7.46. The summed E-state index contributed by atoms with van der Waals surface area (Å²) in [6.45, 7) is 0.0744. The predicted octanol–water partition coefficient (Wildman–Crippen LogP) is 4.17. The maximum atomic E-state index is 13.4. The van der Waals surface area contributed by atoms with E-state index in [1.165, 1.54) is 33.4 Å². The summed E-state index contributed by atoms with van der Waals surface area (Å²) in [7, 11) is -3.83. The normalized spacial score (nSPS) is 19.2. The number of piperazine rings is 1. The van der Waals surface area contributed by atoms with E-state index in [4.69, 9.17) is 0 Å². The molecule has 0 radical (unpaired) electrons. The van der Waals surface area contributed by atoms with Gasteiger partial charge < -0.3 is 10.2 Å². The zero-order chi connectivity index (χ0) is 24.4. The Morgan fingerprint density at radius 1 is 1.14 bits per heavy atom. The van der Waals surface area contributed by atoms with Crippen molar-refractivity contribution in [1.29, 1.82) is 0 Å². The summed E-state index contributed by atoms with van der Waals surface area (Å²) in [5.41, 5.74) is 0. The second-order valence-electron chi connectivity index (χ2n) is 9.10. The maximum absolute atomic E-state index is 13.4. The van der Waals surface area contributed by atoms with Gasteiger partial charge >= 0.3 is 0 Å². The van der Waals surface area contributed by atoms with Gasteiger partial charge in [0.15, 0.2) is 5.13 Å². The Kier molecular flexibility index (Phi) is 7.19. The molecule has 1 saturated carbocycles. The van der Waals surface area contributed by atoms with E-state index >= 15 is 0 Å². The molecule has 0 spiro atoms. The van der Waals surface area contributed by atoms with Gasteiger partial charge in [-0.05, 0) is 18.4 Å². The number of rotatable bonds is 7. The number of sulfonamides is 1. The van der Waals surface area contributed by atoms with Gasteiger partial charge in [-0.1, -0.05) is 50.3 Å². The topological polar surface area (TPSA) is 99.7 Å². The van der Waals surface area contributed by atoms with Crippen LogP contribution in [0.3, 0.4) is 0 Å². The maximum Gasteiger partial charge on any atom is 0.248 e. The Morgan fingerprint density at radius 3 is 2.69 bits per heavy atom. The number of hydrogen-bond acceptors (Lipinski definition) is 7. The fraction of sp³-hybridized carbons (Fsp3) is 0.458. The zero-order valence-electron chi connectivity index (χ0n) is 19.3. The van der Waals surface area contributed by atoms with Crippen molar-refractivity contribution in [3.05, 3.63) is 41.2 Å². The molecule has 2 aliphatic rings. The molecule has 2 amide bonds. The minimum absolute atomic E-state index is 0.157. The van der Waals surface area contributed by atoms with Crippen molar-refractivity contribution in [2.45, 2.75) is 49.5 Å². The molecule has 1 aliphatic heterocycles. The molecule has 0 unspecified atom stereocenters. The van der Waals surface area contributed by atoms with E-state index in [9.17, 15) is 18.0 Å². The highest BCUT2D eigenvalue weighted by Gasteiger charge is 2.39. The molecule has 186 valence electrons. The average Bonchev–Trinajstić information content (AvgIpc) is 3.53. The summed E-state index contributed by atoms with van der Waals surface area (Å²) in [6, 6.07) is 6.73. The van der Waals surface area contributed by atoms with Gasteiger partial charge in [0.25, 0.3) is 0 Å². The van der Waals surface area contributed by atoms with Crippen molar-refractivity contribution in [1.82, 2.24) is 14.2 Å². The summed E-state index contributed by atoms with van der Waals surface area (Å²) in [5.74, 6) is -0.212. The van der Waals surface area contributed by atoms with Crippen molar-refractivity contribution in [3.63, 3.8) is 0 Å². The minimum Gasteiger partial charge on any atom is -0.328 e. The minimum atomic E-state index is -3.83. The Labute approximate surface area is 213 Å². The summed E-state index contributed by atoms with van der Waals surface area (Å²) < 4.78 is 29.0. The molecule has 1 atom stereocenters. The molecule has 2 aromatic heterocycles. The number of thiophene rings is 1. The van der Waals surface area contributed by atoms with Gasteiger partial charge in [-0.25, -0.2) is 13.4 Å². The monoisotopic (exact) mass is 532 g/mol. The molecule has 3 aromatic rings. The number of hydrogen-bond donors (Lipinski definition) is 1. The van der Waals surface area contributed by atoms with Crippen LogP contribution in [0.1, 0.15) is 38.5 Å². The van der Waals surface area contributed by atoms with E-state index in [1.54, 1.807) is 27.9 Å². The molecule has 5 rings (SSSR count).